The van der Waals surface area contributed by atoms with E-state index >= 15 is 0 Å². The summed E-state index contributed by atoms with van der Waals surface area (Å²) >= 11 is 5.86. The van der Waals surface area contributed by atoms with Gasteiger partial charge in [0.25, 0.3) is 11.8 Å². The molecule has 3 rings (SSSR count). The Labute approximate surface area is 168 Å². The van der Waals surface area contributed by atoms with Gasteiger partial charge in [-0.3, -0.25) is 9.59 Å². The molecule has 0 spiro atoms. The largest absolute Gasteiger partial charge is 0.495 e. The molecule has 0 saturated carbocycles. The third-order valence-corrected chi connectivity index (χ3v) is 4.36. The van der Waals surface area contributed by atoms with Crippen LogP contribution in [0.25, 0.3) is 0 Å². The van der Waals surface area contributed by atoms with E-state index < -0.39 is 0 Å². The lowest BCUT2D eigenvalue weighted by molar-refractivity contribution is 0.0951. The van der Waals surface area contributed by atoms with Crippen molar-refractivity contribution in [3.8, 4) is 5.75 Å². The molecule has 3 aromatic carbocycles. The number of hydrogen-bond acceptors (Lipinski definition) is 3. The lowest BCUT2D eigenvalue weighted by atomic mass is 10.1. The number of benzene rings is 3. The lowest BCUT2D eigenvalue weighted by Gasteiger charge is -2.11. The summed E-state index contributed by atoms with van der Waals surface area (Å²) in [5, 5.41) is 6.28. The highest BCUT2D eigenvalue weighted by Gasteiger charge is 2.12. The van der Waals surface area contributed by atoms with Crippen LogP contribution in [0.15, 0.2) is 72.8 Å². The average molecular weight is 395 g/mol. The van der Waals surface area contributed by atoms with Crippen molar-refractivity contribution >= 4 is 29.1 Å². The molecule has 28 heavy (non-hydrogen) atoms. The van der Waals surface area contributed by atoms with Gasteiger partial charge in [0, 0.05) is 22.7 Å². The van der Waals surface area contributed by atoms with Crippen LogP contribution < -0.4 is 15.4 Å². The van der Waals surface area contributed by atoms with Gasteiger partial charge in [-0.25, -0.2) is 0 Å². The molecule has 0 bridgehead atoms. The third-order valence-electron chi connectivity index (χ3n) is 4.11. The van der Waals surface area contributed by atoms with E-state index in [4.69, 9.17) is 16.3 Å². The number of rotatable bonds is 6. The molecular formula is C22H19ClN2O3. The van der Waals surface area contributed by atoms with E-state index in [9.17, 15) is 9.59 Å². The number of carbonyl (C=O) groups is 2. The summed E-state index contributed by atoms with van der Waals surface area (Å²) in [6.07, 6.45) is 0. The van der Waals surface area contributed by atoms with E-state index in [1.54, 1.807) is 54.6 Å². The Morgan fingerprint density at radius 3 is 2.29 bits per heavy atom. The predicted molar refractivity (Wildman–Crippen MR) is 110 cm³/mol. The second-order valence-corrected chi connectivity index (χ2v) is 6.48. The molecular weight excluding hydrogens is 376 g/mol. The van der Waals surface area contributed by atoms with Crippen molar-refractivity contribution in [1.82, 2.24) is 5.32 Å². The average Bonchev–Trinajstić information content (AvgIpc) is 2.73. The fourth-order valence-corrected chi connectivity index (χ4v) is 2.76. The molecule has 0 aliphatic carbocycles. The Hall–Kier alpha value is -3.31. The van der Waals surface area contributed by atoms with Gasteiger partial charge in [-0.05, 0) is 48.0 Å². The van der Waals surface area contributed by atoms with Crippen molar-refractivity contribution in [3.05, 3.63) is 94.5 Å². The topological polar surface area (TPSA) is 67.4 Å². The summed E-state index contributed by atoms with van der Waals surface area (Å²) in [6, 6.07) is 20.9. The quantitative estimate of drug-likeness (QED) is 0.645. The van der Waals surface area contributed by atoms with Gasteiger partial charge in [0.2, 0.25) is 0 Å². The molecule has 0 heterocycles. The molecule has 0 radical (unpaired) electrons. The molecule has 0 atom stereocenters. The minimum Gasteiger partial charge on any atom is -0.495 e. The van der Waals surface area contributed by atoms with Gasteiger partial charge in [-0.15, -0.1) is 0 Å². The van der Waals surface area contributed by atoms with Gasteiger partial charge < -0.3 is 15.4 Å². The Morgan fingerprint density at radius 1 is 0.893 bits per heavy atom. The first kappa shape index (κ1) is 19.5. The van der Waals surface area contributed by atoms with Crippen molar-refractivity contribution in [2.75, 3.05) is 12.4 Å². The standard InChI is InChI=1S/C22H19ClN2O3/c1-28-20-8-3-2-7-19(20)25-22(27)17-6-4-5-16(13-17)21(26)24-14-15-9-11-18(23)12-10-15/h2-13H,14H2,1H3,(H,24,26)(H,25,27). The molecule has 2 N–H and O–H groups in total. The Bertz CT molecular complexity index is 987. The molecule has 0 saturated heterocycles. The maximum absolute atomic E-state index is 12.6. The van der Waals surface area contributed by atoms with Crippen molar-refractivity contribution in [2.24, 2.45) is 0 Å². The van der Waals surface area contributed by atoms with Gasteiger partial charge in [0.05, 0.1) is 12.8 Å². The van der Waals surface area contributed by atoms with E-state index in [1.807, 2.05) is 18.2 Å². The van der Waals surface area contributed by atoms with Crippen LogP contribution in [-0.4, -0.2) is 18.9 Å². The lowest BCUT2D eigenvalue weighted by Crippen LogP contribution is -2.23. The van der Waals surface area contributed by atoms with Crippen molar-refractivity contribution in [1.29, 1.82) is 0 Å². The van der Waals surface area contributed by atoms with Gasteiger partial charge in [-0.1, -0.05) is 41.9 Å². The zero-order chi connectivity index (χ0) is 19.9. The van der Waals surface area contributed by atoms with Crippen LogP contribution >= 0.6 is 11.6 Å². The highest BCUT2D eigenvalue weighted by molar-refractivity contribution is 6.30. The second-order valence-electron chi connectivity index (χ2n) is 6.04. The minimum atomic E-state index is -0.322. The summed E-state index contributed by atoms with van der Waals surface area (Å²) in [6.45, 7) is 0.369. The third kappa shape index (κ3) is 4.90. The normalized spacial score (nSPS) is 10.2. The van der Waals surface area contributed by atoms with Crippen LogP contribution in [0.1, 0.15) is 26.3 Å². The minimum absolute atomic E-state index is 0.262. The molecule has 0 aliphatic heterocycles. The number of amides is 2. The van der Waals surface area contributed by atoms with Crippen molar-refractivity contribution in [2.45, 2.75) is 6.54 Å². The van der Waals surface area contributed by atoms with E-state index in [2.05, 4.69) is 10.6 Å². The molecule has 5 nitrogen and oxygen atoms in total. The van der Waals surface area contributed by atoms with E-state index in [-0.39, 0.29) is 11.8 Å². The van der Waals surface area contributed by atoms with Crippen LogP contribution in [0.2, 0.25) is 5.02 Å². The molecule has 0 aliphatic rings. The van der Waals surface area contributed by atoms with E-state index in [0.29, 0.717) is 34.1 Å². The molecule has 2 amide bonds. The Balaban J connectivity index is 1.68. The highest BCUT2D eigenvalue weighted by Crippen LogP contribution is 2.23. The van der Waals surface area contributed by atoms with Gasteiger partial charge in [0.1, 0.15) is 5.75 Å². The van der Waals surface area contributed by atoms with Crippen molar-refractivity contribution in [3.63, 3.8) is 0 Å². The van der Waals surface area contributed by atoms with Gasteiger partial charge in [-0.2, -0.15) is 0 Å². The highest BCUT2D eigenvalue weighted by atomic mass is 35.5. The van der Waals surface area contributed by atoms with Gasteiger partial charge in [0.15, 0.2) is 0 Å². The summed E-state index contributed by atoms with van der Waals surface area (Å²) in [5.74, 6) is -0.0218. The van der Waals surface area contributed by atoms with E-state index in [1.165, 1.54) is 7.11 Å². The molecule has 0 fully saturated rings. The number of nitrogens with one attached hydrogen (secondary N) is 2. The number of methoxy groups -OCH3 is 1. The summed E-state index contributed by atoms with van der Waals surface area (Å²) in [4.78, 5) is 25.0. The summed E-state index contributed by atoms with van der Waals surface area (Å²) in [7, 11) is 1.54. The number of carbonyl (C=O) groups excluding carboxylic acids is 2. The van der Waals surface area contributed by atoms with Crippen LogP contribution in [0.5, 0.6) is 5.75 Å². The maximum atomic E-state index is 12.6. The predicted octanol–water partition coefficient (Wildman–Crippen LogP) is 4.53. The number of halogens is 1. The second kappa shape index (κ2) is 9.06. The van der Waals surface area contributed by atoms with Crippen molar-refractivity contribution < 1.29 is 14.3 Å². The Morgan fingerprint density at radius 2 is 1.57 bits per heavy atom. The molecule has 0 unspecified atom stereocenters. The van der Waals surface area contributed by atoms with Gasteiger partial charge >= 0.3 is 0 Å². The summed E-state index contributed by atoms with van der Waals surface area (Å²) < 4.78 is 5.24. The van der Waals surface area contributed by atoms with Crippen LogP contribution in [0.4, 0.5) is 5.69 Å². The van der Waals surface area contributed by atoms with E-state index in [0.717, 1.165) is 5.56 Å². The fraction of sp³-hybridized carbons (Fsp3) is 0.0909. The molecule has 6 heteroatoms. The van der Waals surface area contributed by atoms with Crippen LogP contribution in [-0.2, 0) is 6.54 Å². The number of para-hydroxylation sites is 2. The Kier molecular flexibility index (Phi) is 6.29. The maximum Gasteiger partial charge on any atom is 0.255 e. The fourth-order valence-electron chi connectivity index (χ4n) is 2.63. The molecule has 0 aromatic heterocycles. The zero-order valence-corrected chi connectivity index (χ0v) is 16.0. The first-order valence-electron chi connectivity index (χ1n) is 8.64. The first-order chi connectivity index (χ1) is 13.6. The summed E-state index contributed by atoms with van der Waals surface area (Å²) in [5.41, 5.74) is 2.28. The monoisotopic (exact) mass is 394 g/mol. The molecule has 3 aromatic rings. The number of anilines is 1. The first-order valence-corrected chi connectivity index (χ1v) is 9.01. The number of hydrogen-bond donors (Lipinski definition) is 2. The van der Waals surface area contributed by atoms with Crippen LogP contribution in [0.3, 0.4) is 0 Å². The molecule has 142 valence electrons. The zero-order valence-electron chi connectivity index (χ0n) is 15.2. The number of ether oxygens (including phenoxy) is 1. The van der Waals surface area contributed by atoms with Crippen LogP contribution in [0, 0.1) is 0 Å². The SMILES string of the molecule is COc1ccccc1NC(=O)c1cccc(C(=O)NCc2ccc(Cl)cc2)c1. The smallest absolute Gasteiger partial charge is 0.255 e.